The van der Waals surface area contributed by atoms with Crippen LogP contribution in [0.2, 0.25) is 0 Å². The number of nitrogens with two attached hydrogens (primary N) is 1. The molecule has 8 nitrogen and oxygen atoms in total. The van der Waals surface area contributed by atoms with Crippen molar-refractivity contribution in [3.05, 3.63) is 12.5 Å². The maximum atomic E-state index is 10.7. The Morgan fingerprint density at radius 3 is 2.88 bits per heavy atom. The van der Waals surface area contributed by atoms with Gasteiger partial charge in [-0.05, 0) is 31.1 Å². The highest BCUT2D eigenvalue weighted by molar-refractivity contribution is 7.99. The Hall–Kier alpha value is -1.87. The zero-order valence-electron chi connectivity index (χ0n) is 14.7. The van der Waals surface area contributed by atoms with Gasteiger partial charge >= 0.3 is 5.97 Å². The number of anilines is 1. The molecule has 2 aliphatic rings. The first-order chi connectivity index (χ1) is 12.6. The van der Waals surface area contributed by atoms with E-state index < -0.39 is 5.97 Å². The summed E-state index contributed by atoms with van der Waals surface area (Å²) >= 11 is 1.45. The predicted octanol–water partition coefficient (Wildman–Crippen LogP) is 1.79. The lowest BCUT2D eigenvalue weighted by Gasteiger charge is -2.42. The van der Waals surface area contributed by atoms with Crippen molar-refractivity contribution in [3.63, 3.8) is 0 Å². The van der Waals surface area contributed by atoms with Gasteiger partial charge in [0.25, 0.3) is 0 Å². The lowest BCUT2D eigenvalue weighted by Crippen LogP contribution is -2.47. The van der Waals surface area contributed by atoms with Gasteiger partial charge in [0.2, 0.25) is 5.95 Å². The molecule has 1 atom stereocenters. The van der Waals surface area contributed by atoms with E-state index in [1.165, 1.54) is 24.6 Å². The van der Waals surface area contributed by atoms with E-state index in [2.05, 4.69) is 20.1 Å². The van der Waals surface area contributed by atoms with Crippen LogP contribution in [-0.4, -0.2) is 55.5 Å². The minimum Gasteiger partial charge on any atom is -0.481 e. The molecule has 9 heteroatoms. The molecule has 1 saturated carbocycles. The third kappa shape index (κ3) is 3.14. The Labute approximate surface area is 156 Å². The van der Waals surface area contributed by atoms with E-state index >= 15 is 0 Å². The number of aliphatic carboxylic acids is 1. The number of fused-ring (bicyclic) bond motifs is 1. The van der Waals surface area contributed by atoms with E-state index in [1.54, 1.807) is 12.5 Å². The van der Waals surface area contributed by atoms with Crippen LogP contribution >= 0.6 is 11.8 Å². The zero-order valence-corrected chi connectivity index (χ0v) is 15.5. The average molecular weight is 376 g/mol. The lowest BCUT2D eigenvalue weighted by atomic mass is 9.74. The highest BCUT2D eigenvalue weighted by Crippen LogP contribution is 2.45. The molecule has 26 heavy (non-hydrogen) atoms. The summed E-state index contributed by atoms with van der Waals surface area (Å²) in [4.78, 5) is 18.5. The third-order valence-electron chi connectivity index (χ3n) is 5.87. The van der Waals surface area contributed by atoms with Crippen LogP contribution in [0.15, 0.2) is 17.4 Å². The van der Waals surface area contributed by atoms with Crippen LogP contribution in [-0.2, 0) is 4.79 Å². The number of thioether (sulfide) groups is 1. The Morgan fingerprint density at radius 1 is 1.38 bits per heavy atom. The summed E-state index contributed by atoms with van der Waals surface area (Å²) in [7, 11) is 0. The number of hydrogen-bond donors (Lipinski definition) is 2. The third-order valence-corrected chi connectivity index (χ3v) is 6.88. The maximum Gasteiger partial charge on any atom is 0.304 e. The largest absolute Gasteiger partial charge is 0.481 e. The van der Waals surface area contributed by atoms with Crippen molar-refractivity contribution in [3.8, 4) is 0 Å². The van der Waals surface area contributed by atoms with Crippen LogP contribution in [0.3, 0.4) is 0 Å². The first-order valence-corrected chi connectivity index (χ1v) is 10.1. The molecule has 2 aromatic heterocycles. The maximum absolute atomic E-state index is 10.7. The number of piperidine rings is 1. The molecule has 0 amide bonds. The van der Waals surface area contributed by atoms with E-state index in [0.29, 0.717) is 17.2 Å². The second-order valence-electron chi connectivity index (χ2n) is 7.29. The number of rotatable bonds is 5. The average Bonchev–Trinajstić information content (AvgIpc) is 3.24. The van der Waals surface area contributed by atoms with Crippen LogP contribution in [0.4, 0.5) is 5.95 Å². The molecule has 1 unspecified atom stereocenters. The van der Waals surface area contributed by atoms with Crippen molar-refractivity contribution in [2.24, 2.45) is 11.1 Å². The lowest BCUT2D eigenvalue weighted by molar-refractivity contribution is -0.136. The SMILES string of the molecule is NC1CCCC12CCN(c1ncc(SCCC(=O)O)c3nncn13)CC2. The van der Waals surface area contributed by atoms with Gasteiger partial charge in [0.15, 0.2) is 5.65 Å². The van der Waals surface area contributed by atoms with Crippen molar-refractivity contribution in [2.45, 2.75) is 49.5 Å². The summed E-state index contributed by atoms with van der Waals surface area (Å²) in [6, 6.07) is 0.334. The van der Waals surface area contributed by atoms with Gasteiger partial charge in [0.05, 0.1) is 11.3 Å². The van der Waals surface area contributed by atoms with E-state index in [4.69, 9.17) is 10.8 Å². The summed E-state index contributed by atoms with van der Waals surface area (Å²) in [6.45, 7) is 1.89. The van der Waals surface area contributed by atoms with Crippen molar-refractivity contribution in [1.29, 1.82) is 0 Å². The van der Waals surface area contributed by atoms with Crippen LogP contribution < -0.4 is 10.6 Å². The van der Waals surface area contributed by atoms with E-state index in [9.17, 15) is 4.79 Å². The normalized spacial score (nSPS) is 22.3. The molecular weight excluding hydrogens is 352 g/mol. The second kappa shape index (κ2) is 7.03. The van der Waals surface area contributed by atoms with Crippen molar-refractivity contribution >= 4 is 29.3 Å². The Balaban J connectivity index is 1.51. The van der Waals surface area contributed by atoms with Gasteiger partial charge in [0.1, 0.15) is 6.33 Å². The number of hydrogen-bond acceptors (Lipinski definition) is 7. The molecule has 0 aromatic carbocycles. The fourth-order valence-electron chi connectivity index (χ4n) is 4.31. The summed E-state index contributed by atoms with van der Waals surface area (Å²) in [5.41, 5.74) is 7.44. The molecule has 1 aliphatic carbocycles. The molecule has 0 radical (unpaired) electrons. The molecule has 4 rings (SSSR count). The molecular formula is C17H24N6O2S. The van der Waals surface area contributed by atoms with Gasteiger partial charge < -0.3 is 15.7 Å². The van der Waals surface area contributed by atoms with Gasteiger partial charge in [-0.3, -0.25) is 4.79 Å². The first-order valence-electron chi connectivity index (χ1n) is 9.13. The fourth-order valence-corrected chi connectivity index (χ4v) is 5.20. The molecule has 140 valence electrons. The molecule has 1 saturated heterocycles. The van der Waals surface area contributed by atoms with E-state index in [0.717, 1.165) is 48.8 Å². The smallest absolute Gasteiger partial charge is 0.304 e. The van der Waals surface area contributed by atoms with Crippen LogP contribution in [0, 0.1) is 5.41 Å². The Morgan fingerprint density at radius 2 is 2.19 bits per heavy atom. The van der Waals surface area contributed by atoms with Crippen LogP contribution in [0.1, 0.15) is 38.5 Å². The van der Waals surface area contributed by atoms with Crippen molar-refractivity contribution < 1.29 is 9.90 Å². The predicted molar refractivity (Wildman–Crippen MR) is 99.5 cm³/mol. The number of aromatic nitrogens is 4. The minimum atomic E-state index is -0.799. The molecule has 2 aromatic rings. The number of carbonyl (C=O) groups is 1. The molecule has 3 N–H and O–H groups in total. The van der Waals surface area contributed by atoms with Crippen LogP contribution in [0.25, 0.3) is 5.65 Å². The Bertz CT molecular complexity index is 802. The zero-order chi connectivity index (χ0) is 18.1. The van der Waals surface area contributed by atoms with E-state index in [1.807, 2.05) is 4.40 Å². The van der Waals surface area contributed by atoms with E-state index in [-0.39, 0.29) is 6.42 Å². The van der Waals surface area contributed by atoms with Gasteiger partial charge in [-0.25, -0.2) is 9.38 Å². The first kappa shape index (κ1) is 17.5. The quantitative estimate of drug-likeness (QED) is 0.760. The summed E-state index contributed by atoms with van der Waals surface area (Å²) < 4.78 is 1.91. The molecule has 1 aliphatic heterocycles. The summed E-state index contributed by atoms with van der Waals surface area (Å²) in [6.07, 6.45) is 9.44. The summed E-state index contributed by atoms with van der Waals surface area (Å²) in [5.74, 6) is 0.546. The molecule has 2 fully saturated rings. The summed E-state index contributed by atoms with van der Waals surface area (Å²) in [5, 5.41) is 17.1. The van der Waals surface area contributed by atoms with Gasteiger partial charge in [0, 0.05) is 31.1 Å². The number of carboxylic acid groups (broad SMARTS) is 1. The molecule has 0 bridgehead atoms. The van der Waals surface area contributed by atoms with Gasteiger partial charge in [-0.2, -0.15) is 0 Å². The topological polar surface area (TPSA) is 110 Å². The second-order valence-corrected chi connectivity index (χ2v) is 8.42. The van der Waals surface area contributed by atoms with Crippen molar-refractivity contribution in [1.82, 2.24) is 19.6 Å². The highest BCUT2D eigenvalue weighted by atomic mass is 32.2. The molecule has 3 heterocycles. The molecule has 1 spiro atoms. The van der Waals surface area contributed by atoms with Crippen molar-refractivity contribution in [2.75, 3.05) is 23.7 Å². The Kier molecular flexibility index (Phi) is 4.74. The minimum absolute atomic E-state index is 0.112. The number of nitrogens with zero attached hydrogens (tertiary/aromatic N) is 5. The van der Waals surface area contributed by atoms with Crippen LogP contribution in [0.5, 0.6) is 0 Å². The van der Waals surface area contributed by atoms with Gasteiger partial charge in [-0.1, -0.05) is 6.42 Å². The van der Waals surface area contributed by atoms with Gasteiger partial charge in [-0.15, -0.1) is 22.0 Å². The number of carboxylic acids is 1. The fraction of sp³-hybridized carbons (Fsp3) is 0.647. The standard InChI is InChI=1S/C17H24N6O2S/c18-13-2-1-4-17(13)5-7-22(8-6-17)16-19-10-12(26-9-3-14(24)25)15-21-20-11-23(15)16/h10-11,13H,1-9,18H2,(H,24,25). The highest BCUT2D eigenvalue weighted by Gasteiger charge is 2.43. The monoisotopic (exact) mass is 376 g/mol.